The van der Waals surface area contributed by atoms with Crippen LogP contribution in [0.3, 0.4) is 0 Å². The molecule has 1 unspecified atom stereocenters. The lowest BCUT2D eigenvalue weighted by atomic mass is 9.99. The van der Waals surface area contributed by atoms with E-state index >= 15 is 0 Å². The molecule has 5 nitrogen and oxygen atoms in total. The Bertz CT molecular complexity index is 863. The number of hydrogen-bond acceptors (Lipinski definition) is 4. The van der Waals surface area contributed by atoms with Crippen molar-refractivity contribution in [1.29, 1.82) is 0 Å². The number of imide groups is 1. The summed E-state index contributed by atoms with van der Waals surface area (Å²) in [7, 11) is 0. The first-order valence-corrected chi connectivity index (χ1v) is 10.1. The molecular weight excluding hydrogens is 366 g/mol. The van der Waals surface area contributed by atoms with Gasteiger partial charge >= 0.3 is 6.09 Å². The zero-order valence-corrected chi connectivity index (χ0v) is 17.8. The summed E-state index contributed by atoms with van der Waals surface area (Å²) in [4.78, 5) is 26.1. The van der Waals surface area contributed by atoms with E-state index in [1.54, 1.807) is 20.8 Å². The van der Waals surface area contributed by atoms with Gasteiger partial charge in [0, 0.05) is 6.42 Å². The lowest BCUT2D eigenvalue weighted by Crippen LogP contribution is -2.38. The van der Waals surface area contributed by atoms with Gasteiger partial charge in [-0.2, -0.15) is 0 Å². The van der Waals surface area contributed by atoms with Crippen molar-refractivity contribution in [3.63, 3.8) is 0 Å². The van der Waals surface area contributed by atoms with E-state index in [2.05, 4.69) is 0 Å². The van der Waals surface area contributed by atoms with Crippen molar-refractivity contribution in [1.82, 2.24) is 4.90 Å². The topological polar surface area (TPSA) is 55.8 Å². The lowest BCUT2D eigenvalue weighted by molar-refractivity contribution is -0.128. The molecule has 3 rings (SSSR count). The highest BCUT2D eigenvalue weighted by Gasteiger charge is 2.39. The molecule has 0 N–H and O–H groups in total. The van der Waals surface area contributed by atoms with E-state index in [9.17, 15) is 9.59 Å². The number of benzene rings is 2. The number of ether oxygens (including phenoxy) is 2. The quantitative estimate of drug-likeness (QED) is 0.662. The molecule has 5 heteroatoms. The van der Waals surface area contributed by atoms with Gasteiger partial charge in [-0.25, -0.2) is 9.69 Å². The highest BCUT2D eigenvalue weighted by Crippen LogP contribution is 2.35. The molecule has 1 atom stereocenters. The summed E-state index contributed by atoms with van der Waals surface area (Å²) in [6.45, 7) is 9.40. The van der Waals surface area contributed by atoms with Gasteiger partial charge in [-0.05, 0) is 69.9 Å². The van der Waals surface area contributed by atoms with E-state index < -0.39 is 11.7 Å². The van der Waals surface area contributed by atoms with E-state index in [0.29, 0.717) is 12.8 Å². The van der Waals surface area contributed by atoms with Crippen LogP contribution in [0.25, 0.3) is 11.1 Å². The van der Waals surface area contributed by atoms with Gasteiger partial charge in [-0.3, -0.25) is 4.79 Å². The number of amides is 2. The van der Waals surface area contributed by atoms with Crippen molar-refractivity contribution in [2.75, 3.05) is 0 Å². The number of rotatable bonds is 4. The number of nitrogens with zero attached hydrogens (tertiary/aromatic N) is 1. The predicted octanol–water partition coefficient (Wildman–Crippen LogP) is 5.74. The summed E-state index contributed by atoms with van der Waals surface area (Å²) in [6.07, 6.45) is 0.527. The van der Waals surface area contributed by atoms with Crippen LogP contribution in [0.2, 0.25) is 0 Å². The van der Waals surface area contributed by atoms with Crippen LogP contribution in [0.1, 0.15) is 59.1 Å². The lowest BCUT2D eigenvalue weighted by Gasteiger charge is -2.27. The second kappa shape index (κ2) is 8.27. The zero-order chi connectivity index (χ0) is 21.2. The van der Waals surface area contributed by atoms with Gasteiger partial charge in [-0.1, -0.05) is 36.4 Å². The number of likely N-dealkylation sites (tertiary alicyclic amines) is 1. The van der Waals surface area contributed by atoms with Crippen molar-refractivity contribution < 1.29 is 19.1 Å². The Hall–Kier alpha value is -2.82. The zero-order valence-electron chi connectivity index (χ0n) is 17.8. The second-order valence-corrected chi connectivity index (χ2v) is 8.61. The number of carbonyl (C=O) groups is 2. The van der Waals surface area contributed by atoms with E-state index in [1.165, 1.54) is 4.90 Å². The minimum atomic E-state index is -0.639. The monoisotopic (exact) mass is 395 g/mol. The largest absolute Gasteiger partial charge is 0.491 e. The van der Waals surface area contributed by atoms with Crippen molar-refractivity contribution in [3.05, 3.63) is 54.1 Å². The Morgan fingerprint density at radius 2 is 1.55 bits per heavy atom. The molecule has 154 valence electrons. The molecule has 0 spiro atoms. The Balaban J connectivity index is 1.76. The fourth-order valence-electron chi connectivity index (χ4n) is 3.44. The minimum absolute atomic E-state index is 0.141. The highest BCUT2D eigenvalue weighted by atomic mass is 16.6. The SMILES string of the molecule is CC(C)Oc1ccc(-c2ccc(C3CCC(=O)N3C(=O)OC(C)(C)C)cc2)cc1. The summed E-state index contributed by atoms with van der Waals surface area (Å²) in [5.41, 5.74) is 2.45. The van der Waals surface area contributed by atoms with Gasteiger partial charge in [0.15, 0.2) is 0 Å². The summed E-state index contributed by atoms with van der Waals surface area (Å²) < 4.78 is 11.1. The molecule has 1 heterocycles. The van der Waals surface area contributed by atoms with Crippen LogP contribution in [0.4, 0.5) is 4.79 Å². The molecule has 1 aliphatic rings. The molecule has 0 aromatic heterocycles. The van der Waals surface area contributed by atoms with Gasteiger partial charge in [-0.15, -0.1) is 0 Å². The average Bonchev–Trinajstić information content (AvgIpc) is 3.02. The second-order valence-electron chi connectivity index (χ2n) is 8.61. The third-order valence-corrected chi connectivity index (χ3v) is 4.66. The average molecular weight is 395 g/mol. The van der Waals surface area contributed by atoms with Crippen LogP contribution >= 0.6 is 0 Å². The Kier molecular flexibility index (Phi) is 5.96. The van der Waals surface area contributed by atoms with Crippen molar-refractivity contribution in [3.8, 4) is 16.9 Å². The fourth-order valence-corrected chi connectivity index (χ4v) is 3.44. The predicted molar refractivity (Wildman–Crippen MR) is 113 cm³/mol. The van der Waals surface area contributed by atoms with E-state index in [1.807, 2.05) is 62.4 Å². The van der Waals surface area contributed by atoms with Gasteiger partial charge < -0.3 is 9.47 Å². The number of carbonyl (C=O) groups excluding carboxylic acids is 2. The fraction of sp³-hybridized carbons (Fsp3) is 0.417. The molecule has 29 heavy (non-hydrogen) atoms. The summed E-state index contributed by atoms with van der Waals surface area (Å²) >= 11 is 0. The number of hydrogen-bond donors (Lipinski definition) is 0. The van der Waals surface area contributed by atoms with Crippen LogP contribution < -0.4 is 4.74 Å². The molecule has 0 radical (unpaired) electrons. The maximum absolute atomic E-state index is 12.5. The van der Waals surface area contributed by atoms with Gasteiger partial charge in [0.2, 0.25) is 5.91 Å². The highest BCUT2D eigenvalue weighted by molar-refractivity contribution is 5.94. The maximum Gasteiger partial charge on any atom is 0.417 e. The Labute approximate surface area is 172 Å². The van der Waals surface area contributed by atoms with Crippen LogP contribution in [0, 0.1) is 0 Å². The van der Waals surface area contributed by atoms with Crippen LogP contribution in [-0.4, -0.2) is 28.6 Å². The van der Waals surface area contributed by atoms with E-state index in [-0.39, 0.29) is 18.1 Å². The minimum Gasteiger partial charge on any atom is -0.491 e. The summed E-state index contributed by atoms with van der Waals surface area (Å²) in [5.74, 6) is 0.659. The normalized spacial score (nSPS) is 17.0. The molecule has 2 amide bonds. The smallest absolute Gasteiger partial charge is 0.417 e. The van der Waals surface area contributed by atoms with Gasteiger partial charge in [0.1, 0.15) is 11.4 Å². The molecule has 1 saturated heterocycles. The first-order chi connectivity index (χ1) is 13.6. The molecule has 1 aliphatic heterocycles. The maximum atomic E-state index is 12.5. The summed E-state index contributed by atoms with van der Waals surface area (Å²) in [5, 5.41) is 0. The first-order valence-electron chi connectivity index (χ1n) is 10.1. The molecule has 0 bridgehead atoms. The Morgan fingerprint density at radius 1 is 1.00 bits per heavy atom. The molecule has 1 fully saturated rings. The molecule has 2 aromatic carbocycles. The van der Waals surface area contributed by atoms with Crippen LogP contribution in [0.15, 0.2) is 48.5 Å². The van der Waals surface area contributed by atoms with E-state index in [0.717, 1.165) is 22.4 Å². The van der Waals surface area contributed by atoms with E-state index in [4.69, 9.17) is 9.47 Å². The van der Waals surface area contributed by atoms with Crippen LogP contribution in [-0.2, 0) is 9.53 Å². The first kappa shape index (κ1) is 20.9. The molecule has 0 aliphatic carbocycles. The van der Waals surface area contributed by atoms with Crippen molar-refractivity contribution >= 4 is 12.0 Å². The molecule has 2 aromatic rings. The molecular formula is C24H29NO4. The third kappa shape index (κ3) is 5.17. The van der Waals surface area contributed by atoms with Gasteiger partial charge in [0.05, 0.1) is 12.1 Å². The summed E-state index contributed by atoms with van der Waals surface area (Å²) in [6, 6.07) is 15.7. The van der Waals surface area contributed by atoms with Crippen LogP contribution in [0.5, 0.6) is 5.75 Å². The van der Waals surface area contributed by atoms with Crippen molar-refractivity contribution in [2.45, 2.75) is 65.2 Å². The van der Waals surface area contributed by atoms with Gasteiger partial charge in [0.25, 0.3) is 0 Å². The Morgan fingerprint density at radius 3 is 2.07 bits per heavy atom. The standard InChI is InChI=1S/C24H29NO4/c1-16(2)28-20-12-10-18(11-13-20)17-6-8-19(9-7-17)21-14-15-22(26)25(21)23(27)29-24(3,4)5/h6-13,16,21H,14-15H2,1-5H3. The molecule has 0 saturated carbocycles. The third-order valence-electron chi connectivity index (χ3n) is 4.66. The van der Waals surface area contributed by atoms with Crippen molar-refractivity contribution in [2.24, 2.45) is 0 Å².